The summed E-state index contributed by atoms with van der Waals surface area (Å²) < 4.78 is 11.0. The first-order valence-electron chi connectivity index (χ1n) is 4.26. The molecule has 0 aliphatic carbocycles. The Morgan fingerprint density at radius 2 is 2.09 bits per heavy atom. The van der Waals surface area contributed by atoms with Crippen LogP contribution < -0.4 is 0 Å². The van der Waals surface area contributed by atoms with Gasteiger partial charge in [-0.25, -0.2) is 0 Å². The van der Waals surface area contributed by atoms with E-state index >= 15 is 0 Å². The molecule has 3 saturated heterocycles. The molecule has 2 bridgehead atoms. The van der Waals surface area contributed by atoms with E-state index in [1.165, 1.54) is 0 Å². The van der Waals surface area contributed by atoms with Crippen molar-refractivity contribution >= 4 is 0 Å². The maximum absolute atomic E-state index is 9.41. The Labute approximate surface area is 65.3 Å². The molecule has 3 heterocycles. The number of hydrogen-bond donors (Lipinski definition) is 1. The van der Waals surface area contributed by atoms with Crippen LogP contribution in [0.4, 0.5) is 0 Å². The van der Waals surface area contributed by atoms with Crippen molar-refractivity contribution in [2.75, 3.05) is 0 Å². The standard InChI is InChI=1S/C8H12O3/c1-3-5-2-4-7(10-5)6(3)11-8(4)9/h3-9H,2H2,1H3. The molecule has 0 aromatic heterocycles. The van der Waals surface area contributed by atoms with Gasteiger partial charge in [0, 0.05) is 11.8 Å². The Morgan fingerprint density at radius 3 is 2.73 bits per heavy atom. The van der Waals surface area contributed by atoms with Crippen molar-refractivity contribution in [2.45, 2.75) is 37.9 Å². The fraction of sp³-hybridized carbons (Fsp3) is 1.00. The summed E-state index contributed by atoms with van der Waals surface area (Å²) in [6, 6.07) is 0. The van der Waals surface area contributed by atoms with Crippen LogP contribution in [-0.2, 0) is 9.47 Å². The molecule has 1 N–H and O–H groups in total. The van der Waals surface area contributed by atoms with Crippen molar-refractivity contribution in [2.24, 2.45) is 11.8 Å². The Morgan fingerprint density at radius 1 is 1.27 bits per heavy atom. The average molecular weight is 156 g/mol. The maximum atomic E-state index is 9.41. The van der Waals surface area contributed by atoms with E-state index in [2.05, 4.69) is 6.92 Å². The van der Waals surface area contributed by atoms with Crippen LogP contribution in [0, 0.1) is 11.8 Å². The lowest BCUT2D eigenvalue weighted by molar-refractivity contribution is -0.107. The second-order valence-electron chi connectivity index (χ2n) is 3.89. The monoisotopic (exact) mass is 156 g/mol. The molecule has 0 aromatic rings. The van der Waals surface area contributed by atoms with Gasteiger partial charge in [-0.15, -0.1) is 0 Å². The molecule has 0 radical (unpaired) electrons. The molecule has 3 rings (SSSR count). The van der Waals surface area contributed by atoms with Gasteiger partial charge in [-0.3, -0.25) is 0 Å². The molecule has 0 saturated carbocycles. The Hall–Kier alpha value is -0.120. The van der Waals surface area contributed by atoms with E-state index in [1.807, 2.05) is 0 Å². The van der Waals surface area contributed by atoms with Gasteiger partial charge in [-0.05, 0) is 6.42 Å². The summed E-state index contributed by atoms with van der Waals surface area (Å²) in [6.45, 7) is 2.14. The number of ether oxygens (including phenoxy) is 2. The highest BCUT2D eigenvalue weighted by Gasteiger charge is 2.60. The zero-order valence-electron chi connectivity index (χ0n) is 6.43. The van der Waals surface area contributed by atoms with Crippen molar-refractivity contribution in [3.63, 3.8) is 0 Å². The van der Waals surface area contributed by atoms with Crippen molar-refractivity contribution in [1.29, 1.82) is 0 Å². The van der Waals surface area contributed by atoms with Gasteiger partial charge in [-0.2, -0.15) is 0 Å². The predicted molar refractivity (Wildman–Crippen MR) is 36.8 cm³/mol. The topological polar surface area (TPSA) is 38.7 Å². The summed E-state index contributed by atoms with van der Waals surface area (Å²) in [5.74, 6) is 0.745. The van der Waals surface area contributed by atoms with Crippen molar-refractivity contribution in [3.05, 3.63) is 0 Å². The minimum absolute atomic E-state index is 0.175. The van der Waals surface area contributed by atoms with Crippen molar-refractivity contribution in [1.82, 2.24) is 0 Å². The fourth-order valence-corrected chi connectivity index (χ4v) is 2.67. The summed E-state index contributed by atoms with van der Waals surface area (Å²) in [7, 11) is 0. The lowest BCUT2D eigenvalue weighted by Crippen LogP contribution is -2.29. The maximum Gasteiger partial charge on any atom is 0.160 e. The van der Waals surface area contributed by atoms with E-state index in [0.29, 0.717) is 12.0 Å². The normalized spacial score (nSPS) is 66.0. The number of aliphatic hydroxyl groups is 1. The van der Waals surface area contributed by atoms with Gasteiger partial charge in [0.05, 0.1) is 18.3 Å². The highest BCUT2D eigenvalue weighted by Crippen LogP contribution is 2.50. The molecule has 0 spiro atoms. The number of aliphatic hydroxyl groups excluding tert-OH is 1. The number of rotatable bonds is 0. The molecule has 3 aliphatic rings. The molecule has 6 atom stereocenters. The van der Waals surface area contributed by atoms with Gasteiger partial charge in [0.2, 0.25) is 0 Å². The SMILES string of the molecule is CC1C2CC3C(O)OC1C3O2. The van der Waals surface area contributed by atoms with Crippen LogP contribution in [0.5, 0.6) is 0 Å². The number of hydrogen-bond acceptors (Lipinski definition) is 3. The van der Waals surface area contributed by atoms with Crippen molar-refractivity contribution < 1.29 is 14.6 Å². The fourth-order valence-electron chi connectivity index (χ4n) is 2.67. The molecular formula is C8H12O3. The zero-order chi connectivity index (χ0) is 7.59. The Balaban J connectivity index is 1.98. The second-order valence-corrected chi connectivity index (χ2v) is 3.89. The van der Waals surface area contributed by atoms with Crippen molar-refractivity contribution in [3.8, 4) is 0 Å². The third kappa shape index (κ3) is 0.604. The molecule has 3 aliphatic heterocycles. The van der Waals surface area contributed by atoms with E-state index in [9.17, 15) is 5.11 Å². The molecule has 3 nitrogen and oxygen atoms in total. The van der Waals surface area contributed by atoms with Gasteiger partial charge >= 0.3 is 0 Å². The summed E-state index contributed by atoms with van der Waals surface area (Å²) in [4.78, 5) is 0. The quantitative estimate of drug-likeness (QED) is 0.541. The lowest BCUT2D eigenvalue weighted by Gasteiger charge is -2.17. The minimum atomic E-state index is -0.556. The summed E-state index contributed by atoms with van der Waals surface area (Å²) in [5, 5.41) is 9.41. The van der Waals surface area contributed by atoms with Crippen LogP contribution in [0.25, 0.3) is 0 Å². The van der Waals surface area contributed by atoms with E-state index < -0.39 is 6.29 Å². The molecule has 0 amide bonds. The first-order chi connectivity index (χ1) is 5.27. The molecular weight excluding hydrogens is 144 g/mol. The summed E-state index contributed by atoms with van der Waals surface area (Å²) in [6.07, 6.45) is 1.16. The summed E-state index contributed by atoms with van der Waals surface area (Å²) in [5.41, 5.74) is 0. The second kappa shape index (κ2) is 1.79. The lowest BCUT2D eigenvalue weighted by atomic mass is 9.83. The van der Waals surface area contributed by atoms with Crippen LogP contribution >= 0.6 is 0 Å². The highest BCUT2D eigenvalue weighted by molar-refractivity contribution is 5.05. The molecule has 3 heteroatoms. The third-order valence-electron chi connectivity index (χ3n) is 3.35. The van der Waals surface area contributed by atoms with Crippen LogP contribution in [0.1, 0.15) is 13.3 Å². The van der Waals surface area contributed by atoms with E-state index in [1.54, 1.807) is 0 Å². The first kappa shape index (κ1) is 6.40. The third-order valence-corrected chi connectivity index (χ3v) is 3.35. The van der Waals surface area contributed by atoms with Gasteiger partial charge < -0.3 is 14.6 Å². The van der Waals surface area contributed by atoms with E-state index in [-0.39, 0.29) is 18.1 Å². The van der Waals surface area contributed by atoms with Crippen LogP contribution in [0.3, 0.4) is 0 Å². The molecule has 11 heavy (non-hydrogen) atoms. The van der Waals surface area contributed by atoms with Crippen LogP contribution in [-0.4, -0.2) is 29.7 Å². The molecule has 0 aromatic carbocycles. The van der Waals surface area contributed by atoms with Crippen LogP contribution in [0.15, 0.2) is 0 Å². The largest absolute Gasteiger partial charge is 0.371 e. The zero-order valence-corrected chi connectivity index (χ0v) is 6.43. The Bertz CT molecular complexity index is 194. The highest BCUT2D eigenvalue weighted by atomic mass is 16.7. The Kier molecular flexibility index (Phi) is 1.04. The van der Waals surface area contributed by atoms with E-state index in [0.717, 1.165) is 6.42 Å². The first-order valence-corrected chi connectivity index (χ1v) is 4.26. The smallest absolute Gasteiger partial charge is 0.160 e. The van der Waals surface area contributed by atoms with Gasteiger partial charge in [0.1, 0.15) is 0 Å². The minimum Gasteiger partial charge on any atom is -0.371 e. The predicted octanol–water partition coefficient (Wildman–Crippen LogP) is 0.127. The van der Waals surface area contributed by atoms with Gasteiger partial charge in [0.25, 0.3) is 0 Å². The van der Waals surface area contributed by atoms with Crippen LogP contribution in [0.2, 0.25) is 0 Å². The molecule has 6 unspecified atom stereocenters. The average Bonchev–Trinajstić information content (AvgIpc) is 2.53. The molecule has 3 fully saturated rings. The van der Waals surface area contributed by atoms with Gasteiger partial charge in [0.15, 0.2) is 6.29 Å². The van der Waals surface area contributed by atoms with Gasteiger partial charge in [-0.1, -0.05) is 6.92 Å². The molecule has 62 valence electrons. The summed E-state index contributed by atoms with van der Waals surface area (Å²) >= 11 is 0. The van der Waals surface area contributed by atoms with E-state index in [4.69, 9.17) is 9.47 Å². The number of fused-ring (bicyclic) bond motifs is 1.